The first-order chi connectivity index (χ1) is 13.6. The maximum Gasteiger partial charge on any atom is 0.233 e. The van der Waals surface area contributed by atoms with Crippen LogP contribution in [0.1, 0.15) is 12.5 Å². The number of nitrogens with zero attached hydrogens (tertiary/aromatic N) is 4. The molecule has 0 radical (unpaired) electrons. The predicted octanol–water partition coefficient (Wildman–Crippen LogP) is 1.58. The average Bonchev–Trinajstić information content (AvgIpc) is 3.33. The number of nitrogens with one attached hydrogen (secondary N) is 1. The number of aromatic nitrogens is 4. The number of ether oxygens (including phenoxy) is 2. The molecule has 0 bridgehead atoms. The minimum Gasteiger partial charge on any atom is -0.454 e. The van der Waals surface area contributed by atoms with Gasteiger partial charge in [0.2, 0.25) is 17.9 Å². The van der Waals surface area contributed by atoms with Gasteiger partial charge in [0.25, 0.3) is 0 Å². The number of rotatable bonds is 6. The lowest BCUT2D eigenvalue weighted by molar-refractivity contribution is -0.120. The topological polar surface area (TPSA) is 117 Å². The molecule has 28 heavy (non-hydrogen) atoms. The number of fused-ring (bicyclic) bond motifs is 1. The van der Waals surface area contributed by atoms with Gasteiger partial charge in [-0.2, -0.15) is 0 Å². The van der Waals surface area contributed by atoms with Crippen molar-refractivity contribution in [3.8, 4) is 22.9 Å². The zero-order chi connectivity index (χ0) is 19.5. The number of nitrogens with two attached hydrogens (primary N) is 1. The molecule has 0 fully saturated rings. The molecular formula is C18H18N6O3S. The number of amides is 1. The van der Waals surface area contributed by atoms with Crippen molar-refractivity contribution in [2.24, 2.45) is 0 Å². The van der Waals surface area contributed by atoms with Gasteiger partial charge in [0.05, 0.1) is 5.25 Å². The van der Waals surface area contributed by atoms with Gasteiger partial charge in [0.1, 0.15) is 0 Å². The Kier molecular flexibility index (Phi) is 5.02. The predicted molar refractivity (Wildman–Crippen MR) is 103 cm³/mol. The fourth-order valence-corrected chi connectivity index (χ4v) is 3.44. The van der Waals surface area contributed by atoms with Crippen molar-refractivity contribution in [3.05, 3.63) is 48.3 Å². The summed E-state index contributed by atoms with van der Waals surface area (Å²) in [5.74, 6) is 7.85. The van der Waals surface area contributed by atoms with E-state index in [9.17, 15) is 4.79 Å². The molecule has 10 heteroatoms. The lowest BCUT2D eigenvalue weighted by Crippen LogP contribution is -2.30. The molecule has 2 aromatic heterocycles. The van der Waals surface area contributed by atoms with E-state index in [2.05, 4.69) is 20.5 Å². The summed E-state index contributed by atoms with van der Waals surface area (Å²) in [6.45, 7) is 2.40. The van der Waals surface area contributed by atoms with Crippen molar-refractivity contribution in [3.63, 3.8) is 0 Å². The number of hydrogen-bond acceptors (Lipinski definition) is 8. The number of carbonyl (C=O) groups is 1. The summed E-state index contributed by atoms with van der Waals surface area (Å²) in [5.41, 5.74) is 1.68. The van der Waals surface area contributed by atoms with Crippen molar-refractivity contribution >= 4 is 17.7 Å². The Morgan fingerprint density at radius 1 is 1.32 bits per heavy atom. The van der Waals surface area contributed by atoms with E-state index in [0.717, 1.165) is 11.1 Å². The fourth-order valence-electron chi connectivity index (χ4n) is 2.64. The number of nitrogen functional groups attached to an aromatic ring is 1. The molecule has 0 unspecified atom stereocenters. The third-order valence-corrected chi connectivity index (χ3v) is 5.20. The second-order valence-electron chi connectivity index (χ2n) is 6.08. The number of carbonyl (C=O) groups excluding carboxylic acids is 1. The molecular weight excluding hydrogens is 380 g/mol. The van der Waals surface area contributed by atoms with Crippen LogP contribution < -0.4 is 20.6 Å². The van der Waals surface area contributed by atoms with Gasteiger partial charge in [-0.25, -0.2) is 4.68 Å². The van der Waals surface area contributed by atoms with Crippen molar-refractivity contribution in [2.45, 2.75) is 23.9 Å². The van der Waals surface area contributed by atoms with Crippen LogP contribution in [0.5, 0.6) is 11.5 Å². The summed E-state index contributed by atoms with van der Waals surface area (Å²) >= 11 is 1.24. The van der Waals surface area contributed by atoms with Gasteiger partial charge in [-0.05, 0) is 36.8 Å². The summed E-state index contributed by atoms with van der Waals surface area (Å²) in [6, 6.07) is 9.22. The highest BCUT2D eigenvalue weighted by Crippen LogP contribution is 2.32. The van der Waals surface area contributed by atoms with E-state index >= 15 is 0 Å². The van der Waals surface area contributed by atoms with Gasteiger partial charge in [-0.1, -0.05) is 17.8 Å². The lowest BCUT2D eigenvalue weighted by Gasteiger charge is -2.12. The average molecular weight is 398 g/mol. The Balaban J connectivity index is 1.36. The Labute approximate surface area is 165 Å². The summed E-state index contributed by atoms with van der Waals surface area (Å²) < 4.78 is 12.0. The molecule has 3 heterocycles. The Morgan fingerprint density at radius 2 is 2.18 bits per heavy atom. The molecule has 0 saturated heterocycles. The van der Waals surface area contributed by atoms with Crippen LogP contribution in [0.4, 0.5) is 0 Å². The number of thioether (sulfide) groups is 1. The fraction of sp³-hybridized carbons (Fsp3) is 0.222. The SMILES string of the molecule is C[C@H](Sc1nnc(-c2cccnc2)n1N)C(=O)NCc1ccc2c(c1)OCO2. The van der Waals surface area contributed by atoms with E-state index in [1.807, 2.05) is 24.3 Å². The first kappa shape index (κ1) is 18.1. The molecule has 0 saturated carbocycles. The normalized spacial score (nSPS) is 13.3. The molecule has 1 atom stereocenters. The zero-order valence-electron chi connectivity index (χ0n) is 15.0. The Hall–Kier alpha value is -3.27. The molecule has 9 nitrogen and oxygen atoms in total. The standard InChI is InChI=1S/C18H18N6O3S/c1-11(17(25)21-8-12-4-5-14-15(7-12)27-10-26-14)28-18-23-22-16(24(18)19)13-3-2-6-20-9-13/h2-7,9,11H,8,10,19H2,1H3,(H,21,25)/t11-/m0/s1. The highest BCUT2D eigenvalue weighted by Gasteiger charge is 2.20. The first-order valence-electron chi connectivity index (χ1n) is 8.55. The third-order valence-electron chi connectivity index (χ3n) is 4.14. The van der Waals surface area contributed by atoms with Crippen LogP contribution in [0.15, 0.2) is 47.9 Å². The summed E-state index contributed by atoms with van der Waals surface area (Å²) in [6.07, 6.45) is 3.33. The molecule has 0 aliphatic carbocycles. The van der Waals surface area contributed by atoms with Crippen LogP contribution in [-0.4, -0.2) is 37.8 Å². The maximum absolute atomic E-state index is 12.4. The van der Waals surface area contributed by atoms with Gasteiger partial charge >= 0.3 is 0 Å². The quantitative estimate of drug-likeness (QED) is 0.475. The molecule has 3 aromatic rings. The third kappa shape index (κ3) is 3.72. The van der Waals surface area contributed by atoms with E-state index in [-0.39, 0.29) is 12.7 Å². The van der Waals surface area contributed by atoms with Crippen molar-refractivity contribution in [1.82, 2.24) is 25.2 Å². The van der Waals surface area contributed by atoms with Crippen LogP contribution in [0.3, 0.4) is 0 Å². The molecule has 1 aliphatic heterocycles. The molecule has 144 valence electrons. The smallest absolute Gasteiger partial charge is 0.233 e. The highest BCUT2D eigenvalue weighted by atomic mass is 32.2. The van der Waals surface area contributed by atoms with E-state index in [1.165, 1.54) is 16.4 Å². The van der Waals surface area contributed by atoms with Crippen LogP contribution in [0.2, 0.25) is 0 Å². The van der Waals surface area contributed by atoms with E-state index in [1.54, 1.807) is 25.4 Å². The van der Waals surface area contributed by atoms with Crippen molar-refractivity contribution < 1.29 is 14.3 Å². The largest absolute Gasteiger partial charge is 0.454 e. The van der Waals surface area contributed by atoms with Crippen LogP contribution in [0, 0.1) is 0 Å². The monoisotopic (exact) mass is 398 g/mol. The van der Waals surface area contributed by atoms with Gasteiger partial charge < -0.3 is 20.6 Å². The molecule has 1 aromatic carbocycles. The molecule has 4 rings (SSSR count). The lowest BCUT2D eigenvalue weighted by atomic mass is 10.2. The minimum atomic E-state index is -0.401. The van der Waals surface area contributed by atoms with Gasteiger partial charge in [-0.15, -0.1) is 10.2 Å². The minimum absolute atomic E-state index is 0.131. The van der Waals surface area contributed by atoms with E-state index < -0.39 is 5.25 Å². The summed E-state index contributed by atoms with van der Waals surface area (Å²) in [7, 11) is 0. The summed E-state index contributed by atoms with van der Waals surface area (Å²) in [4.78, 5) is 16.5. The second-order valence-corrected chi connectivity index (χ2v) is 7.39. The van der Waals surface area contributed by atoms with Crippen molar-refractivity contribution in [1.29, 1.82) is 0 Å². The van der Waals surface area contributed by atoms with Gasteiger partial charge in [-0.3, -0.25) is 9.78 Å². The maximum atomic E-state index is 12.4. The number of benzene rings is 1. The van der Waals surface area contributed by atoms with Crippen LogP contribution in [0.25, 0.3) is 11.4 Å². The van der Waals surface area contributed by atoms with E-state index in [4.69, 9.17) is 15.3 Å². The van der Waals surface area contributed by atoms with Gasteiger partial charge in [0.15, 0.2) is 17.3 Å². The Morgan fingerprint density at radius 3 is 3.00 bits per heavy atom. The molecule has 3 N–H and O–H groups in total. The molecule has 0 spiro atoms. The summed E-state index contributed by atoms with van der Waals surface area (Å²) in [5, 5.41) is 11.1. The highest BCUT2D eigenvalue weighted by molar-refractivity contribution is 8.00. The van der Waals surface area contributed by atoms with Crippen molar-refractivity contribution in [2.75, 3.05) is 12.6 Å². The Bertz CT molecular complexity index is 994. The molecule has 1 aliphatic rings. The van der Waals surface area contributed by atoms with Crippen LogP contribution >= 0.6 is 11.8 Å². The molecule has 1 amide bonds. The number of pyridine rings is 1. The van der Waals surface area contributed by atoms with E-state index in [0.29, 0.717) is 29.0 Å². The first-order valence-corrected chi connectivity index (χ1v) is 9.43. The number of hydrogen-bond donors (Lipinski definition) is 2. The zero-order valence-corrected chi connectivity index (χ0v) is 15.8. The van der Waals surface area contributed by atoms with Gasteiger partial charge in [0, 0.05) is 24.5 Å². The second kappa shape index (κ2) is 7.77. The van der Waals surface area contributed by atoms with Crippen LogP contribution in [-0.2, 0) is 11.3 Å².